The summed E-state index contributed by atoms with van der Waals surface area (Å²) in [6, 6.07) is 7.68. The van der Waals surface area contributed by atoms with Crippen LogP contribution in [-0.2, 0) is 0 Å². The van der Waals surface area contributed by atoms with Gasteiger partial charge < -0.3 is 15.5 Å². The lowest BCUT2D eigenvalue weighted by atomic mass is 9.97. The van der Waals surface area contributed by atoms with Gasteiger partial charge in [-0.2, -0.15) is 0 Å². The molecule has 1 heterocycles. The zero-order chi connectivity index (χ0) is 15.1. The molecule has 0 spiro atoms. The molecule has 0 aromatic heterocycles. The summed E-state index contributed by atoms with van der Waals surface area (Å²) in [5.74, 6) is 0.661. The molecule has 0 unspecified atom stereocenters. The third kappa shape index (κ3) is 4.74. The molecule has 1 fully saturated rings. The lowest BCUT2D eigenvalue weighted by Crippen LogP contribution is -2.38. The van der Waals surface area contributed by atoms with Gasteiger partial charge in [-0.05, 0) is 69.6 Å². The van der Waals surface area contributed by atoms with E-state index in [9.17, 15) is 4.79 Å². The third-order valence-electron chi connectivity index (χ3n) is 4.23. The second-order valence-corrected chi connectivity index (χ2v) is 5.70. The molecule has 4 heteroatoms. The summed E-state index contributed by atoms with van der Waals surface area (Å²) >= 11 is 0. The van der Waals surface area contributed by atoms with E-state index >= 15 is 0 Å². The molecule has 0 aliphatic carbocycles. The SMILES string of the molecule is CCNc1ccc(C(=O)NCC2CCN(CC)CC2)cc1. The molecule has 1 aliphatic heterocycles. The Morgan fingerprint density at radius 1 is 1.19 bits per heavy atom. The van der Waals surface area contributed by atoms with Crippen LogP contribution in [0.2, 0.25) is 0 Å². The fourth-order valence-corrected chi connectivity index (χ4v) is 2.79. The Hall–Kier alpha value is -1.55. The molecular formula is C17H27N3O. The lowest BCUT2D eigenvalue weighted by Gasteiger charge is -2.31. The molecule has 0 bridgehead atoms. The van der Waals surface area contributed by atoms with Gasteiger partial charge in [0.2, 0.25) is 0 Å². The van der Waals surface area contributed by atoms with Crippen molar-refractivity contribution >= 4 is 11.6 Å². The van der Waals surface area contributed by atoms with Gasteiger partial charge in [0.05, 0.1) is 0 Å². The molecule has 2 N–H and O–H groups in total. The van der Waals surface area contributed by atoms with Crippen LogP contribution in [-0.4, -0.2) is 43.5 Å². The van der Waals surface area contributed by atoms with Crippen LogP contribution < -0.4 is 10.6 Å². The summed E-state index contributed by atoms with van der Waals surface area (Å²) in [6.45, 7) is 9.41. The summed E-state index contributed by atoms with van der Waals surface area (Å²) in [6.07, 6.45) is 2.38. The first-order valence-electron chi connectivity index (χ1n) is 8.07. The monoisotopic (exact) mass is 289 g/mol. The number of amides is 1. The first kappa shape index (κ1) is 15.8. The molecule has 1 amide bonds. The van der Waals surface area contributed by atoms with Gasteiger partial charge in [-0.3, -0.25) is 4.79 Å². The standard InChI is InChI=1S/C17H27N3O/c1-3-18-16-7-5-15(6-8-16)17(21)19-13-14-9-11-20(4-2)12-10-14/h5-8,14,18H,3-4,9-13H2,1-2H3,(H,19,21). The fourth-order valence-electron chi connectivity index (χ4n) is 2.79. The van der Waals surface area contributed by atoms with Crippen molar-refractivity contribution in [3.8, 4) is 0 Å². The van der Waals surface area contributed by atoms with Crippen molar-refractivity contribution < 1.29 is 4.79 Å². The minimum atomic E-state index is 0.0379. The summed E-state index contributed by atoms with van der Waals surface area (Å²) < 4.78 is 0. The van der Waals surface area contributed by atoms with Gasteiger partial charge in [0.1, 0.15) is 0 Å². The van der Waals surface area contributed by atoms with Crippen molar-refractivity contribution in [3.05, 3.63) is 29.8 Å². The Balaban J connectivity index is 1.76. The van der Waals surface area contributed by atoms with Gasteiger partial charge in [-0.25, -0.2) is 0 Å². The molecule has 1 aromatic rings. The van der Waals surface area contributed by atoms with E-state index < -0.39 is 0 Å². The molecule has 0 saturated carbocycles. The highest BCUT2D eigenvalue weighted by Crippen LogP contribution is 2.16. The molecule has 4 nitrogen and oxygen atoms in total. The summed E-state index contributed by atoms with van der Waals surface area (Å²) in [5.41, 5.74) is 1.80. The van der Waals surface area contributed by atoms with Crippen molar-refractivity contribution in [1.82, 2.24) is 10.2 Å². The van der Waals surface area contributed by atoms with Crippen LogP contribution in [0.3, 0.4) is 0 Å². The molecule has 1 aromatic carbocycles. The predicted octanol–water partition coefficient (Wildman–Crippen LogP) is 2.58. The quantitative estimate of drug-likeness (QED) is 0.846. The van der Waals surface area contributed by atoms with E-state index in [0.717, 1.165) is 44.0 Å². The minimum Gasteiger partial charge on any atom is -0.385 e. The number of anilines is 1. The highest BCUT2D eigenvalue weighted by atomic mass is 16.1. The number of likely N-dealkylation sites (tertiary alicyclic amines) is 1. The van der Waals surface area contributed by atoms with Crippen LogP contribution in [0.25, 0.3) is 0 Å². The number of nitrogens with one attached hydrogen (secondary N) is 2. The minimum absolute atomic E-state index is 0.0379. The van der Waals surface area contributed by atoms with Crippen LogP contribution in [0.4, 0.5) is 5.69 Å². The fraction of sp³-hybridized carbons (Fsp3) is 0.588. The van der Waals surface area contributed by atoms with Crippen LogP contribution >= 0.6 is 0 Å². The van der Waals surface area contributed by atoms with Crippen molar-refractivity contribution in [2.45, 2.75) is 26.7 Å². The van der Waals surface area contributed by atoms with E-state index in [1.807, 2.05) is 24.3 Å². The molecule has 116 valence electrons. The number of rotatable bonds is 6. The normalized spacial score (nSPS) is 16.7. The Bertz CT molecular complexity index is 436. The van der Waals surface area contributed by atoms with Gasteiger partial charge in [0.15, 0.2) is 0 Å². The van der Waals surface area contributed by atoms with Crippen molar-refractivity contribution in [1.29, 1.82) is 0 Å². The molecule has 0 atom stereocenters. The molecular weight excluding hydrogens is 262 g/mol. The summed E-state index contributed by atoms with van der Waals surface area (Å²) in [5, 5.41) is 6.31. The Morgan fingerprint density at radius 2 is 1.86 bits per heavy atom. The van der Waals surface area contributed by atoms with Gasteiger partial charge in [-0.1, -0.05) is 6.92 Å². The Labute approximate surface area is 127 Å². The average Bonchev–Trinajstić information content (AvgIpc) is 2.54. The molecule has 0 radical (unpaired) electrons. The zero-order valence-corrected chi connectivity index (χ0v) is 13.2. The maximum Gasteiger partial charge on any atom is 0.251 e. The highest BCUT2D eigenvalue weighted by Gasteiger charge is 2.18. The first-order valence-corrected chi connectivity index (χ1v) is 8.07. The van der Waals surface area contributed by atoms with Crippen molar-refractivity contribution in [2.75, 3.05) is 38.0 Å². The molecule has 1 saturated heterocycles. The second kappa shape index (κ2) is 8.03. The lowest BCUT2D eigenvalue weighted by molar-refractivity contribution is 0.0937. The number of piperidine rings is 1. The van der Waals surface area contributed by atoms with Crippen LogP contribution in [0.15, 0.2) is 24.3 Å². The Kier molecular flexibility index (Phi) is 6.05. The van der Waals surface area contributed by atoms with Gasteiger partial charge in [0, 0.05) is 24.3 Å². The van der Waals surface area contributed by atoms with Crippen molar-refractivity contribution in [2.24, 2.45) is 5.92 Å². The number of hydrogen-bond donors (Lipinski definition) is 2. The van der Waals surface area contributed by atoms with E-state index in [0.29, 0.717) is 5.92 Å². The maximum absolute atomic E-state index is 12.1. The van der Waals surface area contributed by atoms with Crippen LogP contribution in [0.5, 0.6) is 0 Å². The van der Waals surface area contributed by atoms with E-state index in [-0.39, 0.29) is 5.91 Å². The first-order chi connectivity index (χ1) is 10.2. The van der Waals surface area contributed by atoms with Gasteiger partial charge >= 0.3 is 0 Å². The summed E-state index contributed by atoms with van der Waals surface area (Å²) in [7, 11) is 0. The van der Waals surface area contributed by atoms with Crippen LogP contribution in [0, 0.1) is 5.92 Å². The van der Waals surface area contributed by atoms with Gasteiger partial charge in [0.25, 0.3) is 5.91 Å². The highest BCUT2D eigenvalue weighted by molar-refractivity contribution is 5.94. The zero-order valence-electron chi connectivity index (χ0n) is 13.2. The topological polar surface area (TPSA) is 44.4 Å². The van der Waals surface area contributed by atoms with E-state index in [4.69, 9.17) is 0 Å². The number of carbonyl (C=O) groups excluding carboxylic acids is 1. The number of carbonyl (C=O) groups is 1. The molecule has 1 aliphatic rings. The molecule has 2 rings (SSSR count). The predicted molar refractivity (Wildman–Crippen MR) is 87.8 cm³/mol. The smallest absolute Gasteiger partial charge is 0.251 e. The number of benzene rings is 1. The number of hydrogen-bond acceptors (Lipinski definition) is 3. The van der Waals surface area contributed by atoms with E-state index in [2.05, 4.69) is 29.4 Å². The third-order valence-corrected chi connectivity index (χ3v) is 4.23. The second-order valence-electron chi connectivity index (χ2n) is 5.70. The number of nitrogens with zero attached hydrogens (tertiary/aromatic N) is 1. The largest absolute Gasteiger partial charge is 0.385 e. The maximum atomic E-state index is 12.1. The Morgan fingerprint density at radius 3 is 2.43 bits per heavy atom. The molecule has 21 heavy (non-hydrogen) atoms. The summed E-state index contributed by atoms with van der Waals surface area (Å²) in [4.78, 5) is 14.6. The average molecular weight is 289 g/mol. The van der Waals surface area contributed by atoms with E-state index in [1.54, 1.807) is 0 Å². The van der Waals surface area contributed by atoms with Crippen molar-refractivity contribution in [3.63, 3.8) is 0 Å². The van der Waals surface area contributed by atoms with E-state index in [1.165, 1.54) is 12.8 Å². The van der Waals surface area contributed by atoms with Gasteiger partial charge in [-0.15, -0.1) is 0 Å². The van der Waals surface area contributed by atoms with Crippen LogP contribution in [0.1, 0.15) is 37.0 Å².